The molecule has 1 saturated carbocycles. The van der Waals surface area contributed by atoms with Crippen molar-refractivity contribution in [2.45, 2.75) is 32.4 Å². The van der Waals surface area contributed by atoms with Crippen molar-refractivity contribution >= 4 is 5.91 Å². The lowest BCUT2D eigenvalue weighted by Gasteiger charge is -2.15. The summed E-state index contributed by atoms with van der Waals surface area (Å²) >= 11 is 0. The zero-order chi connectivity index (χ0) is 10.1. The van der Waals surface area contributed by atoms with Crippen LogP contribution in [0.25, 0.3) is 0 Å². The van der Waals surface area contributed by atoms with Crippen LogP contribution < -0.4 is 0 Å². The van der Waals surface area contributed by atoms with Gasteiger partial charge in [-0.25, -0.2) is 0 Å². The van der Waals surface area contributed by atoms with Crippen molar-refractivity contribution in [3.63, 3.8) is 0 Å². The zero-order valence-electron chi connectivity index (χ0n) is 8.60. The van der Waals surface area contributed by atoms with Crippen LogP contribution in [-0.2, 0) is 11.3 Å². The molecule has 1 heterocycles. The molecule has 0 unspecified atom stereocenters. The van der Waals surface area contributed by atoms with Gasteiger partial charge in [0.15, 0.2) is 0 Å². The van der Waals surface area contributed by atoms with E-state index in [2.05, 4.69) is 5.10 Å². The first-order valence-corrected chi connectivity index (χ1v) is 4.92. The van der Waals surface area contributed by atoms with Gasteiger partial charge in [-0.3, -0.25) is 9.48 Å². The fourth-order valence-corrected chi connectivity index (χ4v) is 1.47. The van der Waals surface area contributed by atoms with Crippen LogP contribution in [0.5, 0.6) is 0 Å². The van der Waals surface area contributed by atoms with Gasteiger partial charge in [-0.2, -0.15) is 5.10 Å². The van der Waals surface area contributed by atoms with Gasteiger partial charge in [0.2, 0.25) is 5.91 Å². The van der Waals surface area contributed by atoms with Gasteiger partial charge in [0.05, 0.1) is 5.69 Å². The van der Waals surface area contributed by atoms with Gasteiger partial charge in [0, 0.05) is 19.3 Å². The molecular formula is C10H15N3O. The summed E-state index contributed by atoms with van der Waals surface area (Å²) in [5.74, 6) is 0.149. The highest BCUT2D eigenvalue weighted by Gasteiger charge is 2.29. The van der Waals surface area contributed by atoms with Crippen molar-refractivity contribution in [1.29, 1.82) is 0 Å². The molecule has 76 valence electrons. The average molecular weight is 193 g/mol. The Morgan fingerprint density at radius 1 is 1.71 bits per heavy atom. The van der Waals surface area contributed by atoms with E-state index in [1.165, 1.54) is 0 Å². The third kappa shape index (κ3) is 1.95. The molecule has 0 aliphatic heterocycles. The maximum Gasteiger partial charge on any atom is 0.244 e. The monoisotopic (exact) mass is 193 g/mol. The van der Waals surface area contributed by atoms with E-state index in [4.69, 9.17) is 0 Å². The van der Waals surface area contributed by atoms with Crippen molar-refractivity contribution in [1.82, 2.24) is 14.7 Å². The number of hydrogen-bond acceptors (Lipinski definition) is 2. The largest absolute Gasteiger partial charge is 0.341 e. The van der Waals surface area contributed by atoms with E-state index in [1.807, 2.05) is 31.1 Å². The first-order valence-electron chi connectivity index (χ1n) is 4.92. The minimum absolute atomic E-state index is 0.149. The summed E-state index contributed by atoms with van der Waals surface area (Å²) in [6, 6.07) is 2.39. The highest BCUT2D eigenvalue weighted by molar-refractivity contribution is 5.76. The predicted molar refractivity (Wildman–Crippen MR) is 52.8 cm³/mol. The molecule has 1 fully saturated rings. The van der Waals surface area contributed by atoms with Crippen LogP contribution in [0.3, 0.4) is 0 Å². The van der Waals surface area contributed by atoms with Crippen LogP contribution in [0.1, 0.15) is 18.5 Å². The molecule has 0 aromatic carbocycles. The number of hydrogen-bond donors (Lipinski definition) is 0. The highest BCUT2D eigenvalue weighted by atomic mass is 16.2. The Labute approximate surface area is 83.5 Å². The van der Waals surface area contributed by atoms with Crippen molar-refractivity contribution in [3.05, 3.63) is 18.0 Å². The quantitative estimate of drug-likeness (QED) is 0.712. The summed E-state index contributed by atoms with van der Waals surface area (Å²) in [6.45, 7) is 2.28. The number of carbonyl (C=O) groups excluding carboxylic acids is 1. The molecule has 1 amide bonds. The van der Waals surface area contributed by atoms with E-state index < -0.39 is 0 Å². The van der Waals surface area contributed by atoms with Gasteiger partial charge in [-0.15, -0.1) is 0 Å². The maximum atomic E-state index is 11.7. The fraction of sp³-hybridized carbons (Fsp3) is 0.600. The van der Waals surface area contributed by atoms with Gasteiger partial charge in [0.25, 0.3) is 0 Å². The predicted octanol–water partition coefficient (Wildman–Crippen LogP) is 0.812. The lowest BCUT2D eigenvalue weighted by atomic mass is 10.5. The van der Waals surface area contributed by atoms with Crippen molar-refractivity contribution < 1.29 is 4.79 Å². The number of likely N-dealkylation sites (N-methyl/N-ethyl adjacent to an activating group) is 1. The van der Waals surface area contributed by atoms with Gasteiger partial charge in [-0.05, 0) is 25.8 Å². The van der Waals surface area contributed by atoms with Gasteiger partial charge in [0.1, 0.15) is 6.54 Å². The summed E-state index contributed by atoms with van der Waals surface area (Å²) in [5.41, 5.74) is 0.951. The van der Waals surface area contributed by atoms with Crippen molar-refractivity contribution in [3.8, 4) is 0 Å². The van der Waals surface area contributed by atoms with Crippen LogP contribution in [0.2, 0.25) is 0 Å². The van der Waals surface area contributed by atoms with Crippen LogP contribution in [0, 0.1) is 6.92 Å². The second kappa shape index (κ2) is 3.44. The van der Waals surface area contributed by atoms with Gasteiger partial charge in [-0.1, -0.05) is 0 Å². The molecule has 4 heteroatoms. The van der Waals surface area contributed by atoms with E-state index in [1.54, 1.807) is 4.68 Å². The molecular weight excluding hydrogens is 178 g/mol. The van der Waals surface area contributed by atoms with E-state index in [-0.39, 0.29) is 5.91 Å². The Kier molecular flexibility index (Phi) is 2.27. The Balaban J connectivity index is 1.93. The summed E-state index contributed by atoms with van der Waals surface area (Å²) < 4.78 is 1.69. The highest BCUT2D eigenvalue weighted by Crippen LogP contribution is 2.25. The fourth-order valence-electron chi connectivity index (χ4n) is 1.47. The Morgan fingerprint density at radius 3 is 2.93 bits per heavy atom. The molecule has 0 N–H and O–H groups in total. The van der Waals surface area contributed by atoms with Crippen LogP contribution in [0.15, 0.2) is 12.3 Å². The van der Waals surface area contributed by atoms with E-state index in [9.17, 15) is 4.79 Å². The standard InChI is InChI=1S/C10H15N3O/c1-8-5-6-13(11-8)7-10(14)12(2)9-3-4-9/h5-6,9H,3-4,7H2,1-2H3. The third-order valence-corrected chi connectivity index (χ3v) is 2.56. The van der Waals surface area contributed by atoms with Crippen LogP contribution in [0.4, 0.5) is 0 Å². The Bertz CT molecular complexity index is 341. The molecule has 1 aliphatic carbocycles. The molecule has 0 saturated heterocycles. The van der Waals surface area contributed by atoms with E-state index >= 15 is 0 Å². The number of aryl methyl sites for hydroxylation is 1. The average Bonchev–Trinajstić information content (AvgIpc) is 2.91. The first kappa shape index (κ1) is 9.24. The SMILES string of the molecule is Cc1ccn(CC(=O)N(C)C2CC2)n1. The van der Waals surface area contributed by atoms with Crippen molar-refractivity contribution in [2.24, 2.45) is 0 Å². The number of carbonyl (C=O) groups is 1. The Hall–Kier alpha value is -1.32. The first-order chi connectivity index (χ1) is 6.66. The smallest absolute Gasteiger partial charge is 0.244 e. The molecule has 2 rings (SSSR count). The molecule has 1 aromatic rings. The minimum Gasteiger partial charge on any atom is -0.341 e. The molecule has 0 bridgehead atoms. The number of aromatic nitrogens is 2. The summed E-state index contributed by atoms with van der Waals surface area (Å²) in [4.78, 5) is 13.5. The Morgan fingerprint density at radius 2 is 2.43 bits per heavy atom. The number of nitrogens with zero attached hydrogens (tertiary/aromatic N) is 3. The maximum absolute atomic E-state index is 11.7. The normalized spacial score (nSPS) is 15.6. The number of rotatable bonds is 3. The third-order valence-electron chi connectivity index (χ3n) is 2.56. The minimum atomic E-state index is 0.149. The van der Waals surface area contributed by atoms with E-state index in [0.29, 0.717) is 12.6 Å². The van der Waals surface area contributed by atoms with Crippen LogP contribution >= 0.6 is 0 Å². The second-order valence-corrected chi connectivity index (χ2v) is 3.89. The van der Waals surface area contributed by atoms with Crippen molar-refractivity contribution in [2.75, 3.05) is 7.05 Å². The second-order valence-electron chi connectivity index (χ2n) is 3.89. The van der Waals surface area contributed by atoms with Crippen LogP contribution in [-0.4, -0.2) is 33.7 Å². The molecule has 1 aromatic heterocycles. The van der Waals surface area contributed by atoms with Gasteiger partial charge >= 0.3 is 0 Å². The van der Waals surface area contributed by atoms with Gasteiger partial charge < -0.3 is 4.90 Å². The molecule has 0 radical (unpaired) electrons. The molecule has 1 aliphatic rings. The molecule has 0 atom stereocenters. The summed E-state index contributed by atoms with van der Waals surface area (Å²) in [5, 5.41) is 4.18. The molecule has 4 nitrogen and oxygen atoms in total. The molecule has 0 spiro atoms. The lowest BCUT2D eigenvalue weighted by Crippen LogP contribution is -2.32. The topological polar surface area (TPSA) is 38.1 Å². The summed E-state index contributed by atoms with van der Waals surface area (Å²) in [6.07, 6.45) is 4.15. The van der Waals surface area contributed by atoms with E-state index in [0.717, 1.165) is 18.5 Å². The zero-order valence-corrected chi connectivity index (χ0v) is 8.60. The lowest BCUT2D eigenvalue weighted by molar-refractivity contribution is -0.131. The number of amides is 1. The molecule has 14 heavy (non-hydrogen) atoms. The summed E-state index contributed by atoms with van der Waals surface area (Å²) in [7, 11) is 1.87.